The molecule has 0 unspecified atom stereocenters. The van der Waals surface area contributed by atoms with Crippen LogP contribution in [0.1, 0.15) is 16.1 Å². The molecule has 1 aromatic carbocycles. The zero-order valence-corrected chi connectivity index (χ0v) is 10.6. The van der Waals surface area contributed by atoms with Crippen LogP contribution in [0.4, 0.5) is 11.4 Å². The Labute approximate surface area is 117 Å². The van der Waals surface area contributed by atoms with Crippen LogP contribution in [0.15, 0.2) is 29.0 Å². The molecular formula is C11H8ClN3O5. The maximum Gasteiger partial charge on any atom is 0.338 e. The van der Waals surface area contributed by atoms with E-state index in [1.807, 2.05) is 0 Å². The molecule has 0 saturated carbocycles. The number of hydrogen-bond acceptors (Lipinski definition) is 6. The van der Waals surface area contributed by atoms with E-state index in [1.54, 1.807) is 6.07 Å². The van der Waals surface area contributed by atoms with E-state index < -0.39 is 10.9 Å². The van der Waals surface area contributed by atoms with Crippen molar-refractivity contribution in [2.45, 2.75) is 6.54 Å². The summed E-state index contributed by atoms with van der Waals surface area (Å²) in [5, 5.41) is 26.2. The van der Waals surface area contributed by atoms with Gasteiger partial charge in [-0.1, -0.05) is 16.8 Å². The number of aromatic carboxylic acids is 1. The van der Waals surface area contributed by atoms with Crippen LogP contribution in [0.25, 0.3) is 0 Å². The van der Waals surface area contributed by atoms with Gasteiger partial charge in [0, 0.05) is 18.2 Å². The third-order valence-corrected chi connectivity index (χ3v) is 2.75. The summed E-state index contributed by atoms with van der Waals surface area (Å²) in [6, 6.07) is 3.62. The van der Waals surface area contributed by atoms with Crippen molar-refractivity contribution in [2.75, 3.05) is 5.32 Å². The summed E-state index contributed by atoms with van der Waals surface area (Å²) in [5.41, 5.74) is -0.0457. The van der Waals surface area contributed by atoms with E-state index in [2.05, 4.69) is 15.0 Å². The van der Waals surface area contributed by atoms with Gasteiger partial charge in [0.2, 0.25) is 0 Å². The lowest BCUT2D eigenvalue weighted by Gasteiger charge is -2.10. The minimum absolute atomic E-state index is 0.0555. The average molecular weight is 298 g/mol. The van der Waals surface area contributed by atoms with Crippen molar-refractivity contribution in [3.05, 3.63) is 50.9 Å². The molecule has 0 aliphatic rings. The lowest BCUT2D eigenvalue weighted by Crippen LogP contribution is -2.08. The highest BCUT2D eigenvalue weighted by atomic mass is 35.5. The summed E-state index contributed by atoms with van der Waals surface area (Å²) in [6.45, 7) is 0.175. The molecule has 0 bridgehead atoms. The van der Waals surface area contributed by atoms with E-state index in [0.717, 1.165) is 12.1 Å². The number of carboxylic acids is 1. The van der Waals surface area contributed by atoms with E-state index in [4.69, 9.17) is 16.7 Å². The molecule has 2 aromatic rings. The van der Waals surface area contributed by atoms with Crippen molar-refractivity contribution in [3.63, 3.8) is 0 Å². The van der Waals surface area contributed by atoms with Gasteiger partial charge in [-0.05, 0) is 0 Å². The fourth-order valence-electron chi connectivity index (χ4n) is 1.55. The predicted molar refractivity (Wildman–Crippen MR) is 68.9 cm³/mol. The largest absolute Gasteiger partial charge is 0.478 e. The molecule has 2 rings (SSSR count). The van der Waals surface area contributed by atoms with E-state index in [-0.39, 0.29) is 28.5 Å². The predicted octanol–water partition coefficient (Wildman–Crippen LogP) is 2.55. The number of nitrogens with one attached hydrogen (secondary N) is 1. The van der Waals surface area contributed by atoms with Gasteiger partial charge >= 0.3 is 5.97 Å². The molecule has 1 heterocycles. The van der Waals surface area contributed by atoms with Crippen LogP contribution in [-0.4, -0.2) is 21.2 Å². The number of nitrogens with zero attached hydrogens (tertiary/aromatic N) is 2. The first kappa shape index (κ1) is 13.8. The van der Waals surface area contributed by atoms with E-state index in [0.29, 0.717) is 5.69 Å². The van der Waals surface area contributed by atoms with Crippen molar-refractivity contribution in [1.82, 2.24) is 5.16 Å². The molecule has 8 nitrogen and oxygen atoms in total. The fraction of sp³-hybridized carbons (Fsp3) is 0.0909. The summed E-state index contributed by atoms with van der Waals surface area (Å²) >= 11 is 5.89. The van der Waals surface area contributed by atoms with Crippen molar-refractivity contribution < 1.29 is 19.3 Å². The van der Waals surface area contributed by atoms with Crippen molar-refractivity contribution >= 4 is 28.9 Å². The second-order valence-corrected chi connectivity index (χ2v) is 4.16. The molecule has 2 N–H and O–H groups in total. The summed E-state index contributed by atoms with van der Waals surface area (Å²) < 4.78 is 4.63. The Hall–Kier alpha value is -2.61. The van der Waals surface area contributed by atoms with Crippen molar-refractivity contribution in [2.24, 2.45) is 0 Å². The van der Waals surface area contributed by atoms with E-state index in [9.17, 15) is 14.9 Å². The third-order valence-electron chi connectivity index (χ3n) is 2.45. The van der Waals surface area contributed by atoms with Gasteiger partial charge in [0.25, 0.3) is 5.69 Å². The normalized spacial score (nSPS) is 10.2. The molecule has 0 aliphatic carbocycles. The quantitative estimate of drug-likeness (QED) is 0.643. The van der Waals surface area contributed by atoms with Crippen LogP contribution in [0, 0.1) is 10.1 Å². The fourth-order valence-corrected chi connectivity index (χ4v) is 1.83. The number of hydrogen-bond donors (Lipinski definition) is 2. The number of anilines is 1. The standard InChI is InChI=1S/C11H8ClN3O5/c12-9-4-7(15(18)19)3-8(11(16)17)10(9)13-5-6-1-2-20-14-6/h1-4,13H,5H2,(H,16,17). The Morgan fingerprint density at radius 3 is 2.85 bits per heavy atom. The molecule has 0 amide bonds. The van der Waals surface area contributed by atoms with Gasteiger partial charge in [-0.15, -0.1) is 0 Å². The summed E-state index contributed by atoms with van der Waals surface area (Å²) in [6.07, 6.45) is 1.37. The van der Waals surface area contributed by atoms with Crippen LogP contribution < -0.4 is 5.32 Å². The van der Waals surface area contributed by atoms with Gasteiger partial charge in [-0.25, -0.2) is 4.79 Å². The molecule has 0 aliphatic heterocycles. The molecular weight excluding hydrogens is 290 g/mol. The SMILES string of the molecule is O=C(O)c1cc([N+](=O)[O-])cc(Cl)c1NCc1ccon1. The van der Waals surface area contributed by atoms with Crippen LogP contribution in [0.2, 0.25) is 5.02 Å². The van der Waals surface area contributed by atoms with Crippen molar-refractivity contribution in [3.8, 4) is 0 Å². The first-order valence-electron chi connectivity index (χ1n) is 5.33. The number of nitro benzene ring substituents is 1. The Balaban J connectivity index is 2.35. The highest BCUT2D eigenvalue weighted by molar-refractivity contribution is 6.34. The Bertz CT molecular complexity index is 656. The van der Waals surface area contributed by atoms with Gasteiger partial charge in [0.15, 0.2) is 0 Å². The number of carbonyl (C=O) groups is 1. The Morgan fingerprint density at radius 2 is 2.30 bits per heavy atom. The first-order chi connectivity index (χ1) is 9.49. The summed E-state index contributed by atoms with van der Waals surface area (Å²) in [5.74, 6) is -1.32. The lowest BCUT2D eigenvalue weighted by atomic mass is 10.1. The second kappa shape index (κ2) is 5.57. The third kappa shape index (κ3) is 2.86. The van der Waals surface area contributed by atoms with Gasteiger partial charge in [-0.2, -0.15) is 0 Å². The highest BCUT2D eigenvalue weighted by Gasteiger charge is 2.20. The first-order valence-corrected chi connectivity index (χ1v) is 5.71. The van der Waals surface area contributed by atoms with Gasteiger partial charge in [0.1, 0.15) is 12.0 Å². The number of non-ortho nitro benzene ring substituents is 1. The van der Waals surface area contributed by atoms with Crippen LogP contribution >= 0.6 is 11.6 Å². The van der Waals surface area contributed by atoms with Gasteiger partial charge in [0.05, 0.1) is 27.7 Å². The zero-order chi connectivity index (χ0) is 14.7. The van der Waals surface area contributed by atoms with Crippen LogP contribution in [-0.2, 0) is 6.54 Å². The molecule has 9 heteroatoms. The Kier molecular flexibility index (Phi) is 3.85. The topological polar surface area (TPSA) is 118 Å². The molecule has 0 spiro atoms. The monoisotopic (exact) mass is 297 g/mol. The summed E-state index contributed by atoms with van der Waals surface area (Å²) in [7, 11) is 0. The number of nitro groups is 1. The molecule has 20 heavy (non-hydrogen) atoms. The molecule has 104 valence electrons. The molecule has 0 fully saturated rings. The smallest absolute Gasteiger partial charge is 0.338 e. The molecule has 0 saturated heterocycles. The highest BCUT2D eigenvalue weighted by Crippen LogP contribution is 2.31. The summed E-state index contributed by atoms with van der Waals surface area (Å²) in [4.78, 5) is 21.1. The molecule has 0 atom stereocenters. The van der Waals surface area contributed by atoms with Gasteiger partial charge < -0.3 is 14.9 Å². The van der Waals surface area contributed by atoms with Crippen LogP contribution in [0.3, 0.4) is 0 Å². The second-order valence-electron chi connectivity index (χ2n) is 3.76. The van der Waals surface area contributed by atoms with Gasteiger partial charge in [-0.3, -0.25) is 10.1 Å². The number of rotatable bonds is 5. The maximum atomic E-state index is 11.2. The van der Waals surface area contributed by atoms with E-state index in [1.165, 1.54) is 6.26 Å². The number of carboxylic acid groups (broad SMARTS) is 1. The minimum Gasteiger partial charge on any atom is -0.478 e. The number of aromatic nitrogens is 1. The molecule has 1 aromatic heterocycles. The minimum atomic E-state index is -1.32. The lowest BCUT2D eigenvalue weighted by molar-refractivity contribution is -0.384. The Morgan fingerprint density at radius 1 is 1.55 bits per heavy atom. The van der Waals surface area contributed by atoms with E-state index >= 15 is 0 Å². The number of benzene rings is 1. The molecule has 0 radical (unpaired) electrons. The van der Waals surface area contributed by atoms with Crippen LogP contribution in [0.5, 0.6) is 0 Å². The van der Waals surface area contributed by atoms with Crippen molar-refractivity contribution in [1.29, 1.82) is 0 Å². The number of halogens is 1. The zero-order valence-electron chi connectivity index (χ0n) is 9.87. The average Bonchev–Trinajstić information content (AvgIpc) is 2.89. The maximum absolute atomic E-state index is 11.2.